The van der Waals surface area contributed by atoms with E-state index in [4.69, 9.17) is 5.73 Å². The van der Waals surface area contributed by atoms with Crippen LogP contribution in [0.25, 0.3) is 0 Å². The van der Waals surface area contributed by atoms with Gasteiger partial charge in [0, 0.05) is 17.1 Å². The van der Waals surface area contributed by atoms with Gasteiger partial charge in [-0.3, -0.25) is 9.59 Å². The summed E-state index contributed by atoms with van der Waals surface area (Å²) in [6.07, 6.45) is 1.97. The van der Waals surface area contributed by atoms with Crippen molar-refractivity contribution < 1.29 is 9.59 Å². The first-order chi connectivity index (χ1) is 9.47. The van der Waals surface area contributed by atoms with Crippen molar-refractivity contribution in [3.63, 3.8) is 0 Å². The van der Waals surface area contributed by atoms with Crippen LogP contribution in [0.2, 0.25) is 0 Å². The first kappa shape index (κ1) is 15.0. The number of carbonyl (C=O) groups excluding carboxylic acids is 2. The molecule has 1 heterocycles. The zero-order valence-electron chi connectivity index (χ0n) is 11.5. The molecule has 0 aromatic heterocycles. The second-order valence-corrected chi connectivity index (χ2v) is 6.29. The first-order valence-corrected chi connectivity index (χ1v) is 7.60. The Bertz CT molecular complexity index is 501. The van der Waals surface area contributed by atoms with Gasteiger partial charge in [-0.2, -0.15) is 0 Å². The Kier molecular flexibility index (Phi) is 4.81. The van der Waals surface area contributed by atoms with Crippen LogP contribution in [0.3, 0.4) is 0 Å². The molecule has 2 N–H and O–H groups in total. The third-order valence-electron chi connectivity index (χ3n) is 3.87. The Balaban J connectivity index is 2.03. The molecule has 0 saturated carbocycles. The topological polar surface area (TPSA) is 63.4 Å². The highest BCUT2D eigenvalue weighted by atomic mass is 79.9. The Morgan fingerprint density at radius 1 is 1.30 bits per heavy atom. The second kappa shape index (κ2) is 6.39. The number of piperidine rings is 1. The summed E-state index contributed by atoms with van der Waals surface area (Å²) < 4.78 is 0.994. The maximum atomic E-state index is 12.4. The molecule has 1 fully saturated rings. The molecule has 2 amide bonds. The van der Waals surface area contributed by atoms with Gasteiger partial charge in [-0.1, -0.05) is 28.1 Å². The van der Waals surface area contributed by atoms with E-state index in [2.05, 4.69) is 15.9 Å². The van der Waals surface area contributed by atoms with Gasteiger partial charge in [-0.05, 0) is 37.5 Å². The first-order valence-electron chi connectivity index (χ1n) is 6.80. The van der Waals surface area contributed by atoms with E-state index in [-0.39, 0.29) is 23.8 Å². The highest BCUT2D eigenvalue weighted by molar-refractivity contribution is 9.10. The molecule has 0 radical (unpaired) electrons. The molecule has 1 saturated heterocycles. The van der Waals surface area contributed by atoms with Gasteiger partial charge in [0.2, 0.25) is 11.8 Å². The van der Waals surface area contributed by atoms with Gasteiger partial charge in [0.15, 0.2) is 0 Å². The lowest BCUT2D eigenvalue weighted by atomic mass is 9.92. The number of primary amides is 1. The number of halogens is 1. The zero-order chi connectivity index (χ0) is 14.7. The minimum absolute atomic E-state index is 0.0609. The third kappa shape index (κ3) is 3.60. The Morgan fingerprint density at radius 3 is 2.55 bits per heavy atom. The highest BCUT2D eigenvalue weighted by Crippen LogP contribution is 2.22. The van der Waals surface area contributed by atoms with Crippen molar-refractivity contribution in [3.8, 4) is 0 Å². The average molecular weight is 339 g/mol. The minimum atomic E-state index is -0.307. The van der Waals surface area contributed by atoms with Crippen molar-refractivity contribution in [3.05, 3.63) is 34.3 Å². The lowest BCUT2D eigenvalue weighted by Crippen LogP contribution is -2.49. The van der Waals surface area contributed by atoms with Crippen molar-refractivity contribution in [1.29, 1.82) is 0 Å². The van der Waals surface area contributed by atoms with Gasteiger partial charge in [-0.25, -0.2) is 0 Å². The van der Waals surface area contributed by atoms with Crippen LogP contribution in [0.15, 0.2) is 28.7 Å². The number of amides is 2. The molecule has 2 unspecified atom stereocenters. The number of nitrogens with zero attached hydrogens (tertiary/aromatic N) is 1. The van der Waals surface area contributed by atoms with Crippen LogP contribution in [0.5, 0.6) is 0 Å². The fourth-order valence-corrected chi connectivity index (χ4v) is 2.83. The van der Waals surface area contributed by atoms with E-state index in [1.54, 1.807) is 4.90 Å². The number of hydrogen-bond donors (Lipinski definition) is 1. The van der Waals surface area contributed by atoms with E-state index in [1.165, 1.54) is 0 Å². The molecule has 20 heavy (non-hydrogen) atoms. The fourth-order valence-electron chi connectivity index (χ4n) is 2.57. The van der Waals surface area contributed by atoms with E-state index >= 15 is 0 Å². The summed E-state index contributed by atoms with van der Waals surface area (Å²) in [5.74, 6) is -0.454. The van der Waals surface area contributed by atoms with Crippen LogP contribution in [0.1, 0.15) is 25.3 Å². The Labute approximate surface area is 127 Å². The van der Waals surface area contributed by atoms with Crippen LogP contribution in [0.4, 0.5) is 0 Å². The van der Waals surface area contributed by atoms with Crippen LogP contribution in [-0.4, -0.2) is 29.3 Å². The summed E-state index contributed by atoms with van der Waals surface area (Å²) in [6.45, 7) is 2.47. The molecule has 108 valence electrons. The summed E-state index contributed by atoms with van der Waals surface area (Å²) in [5, 5.41) is 0. The molecule has 5 heteroatoms. The monoisotopic (exact) mass is 338 g/mol. The van der Waals surface area contributed by atoms with E-state index in [0.29, 0.717) is 13.0 Å². The lowest BCUT2D eigenvalue weighted by Gasteiger charge is -2.37. The molecule has 2 atom stereocenters. The predicted octanol–water partition coefficient (Wildman–Crippen LogP) is 2.10. The third-order valence-corrected chi connectivity index (χ3v) is 4.40. The molecule has 1 aliphatic rings. The van der Waals surface area contributed by atoms with Gasteiger partial charge in [-0.15, -0.1) is 0 Å². The van der Waals surface area contributed by atoms with Crippen molar-refractivity contribution >= 4 is 27.7 Å². The number of likely N-dealkylation sites (tertiary alicyclic amines) is 1. The van der Waals surface area contributed by atoms with Crippen molar-refractivity contribution in [2.24, 2.45) is 11.7 Å². The van der Waals surface area contributed by atoms with Gasteiger partial charge in [0.1, 0.15) is 0 Å². The van der Waals surface area contributed by atoms with E-state index in [9.17, 15) is 9.59 Å². The highest BCUT2D eigenvalue weighted by Gasteiger charge is 2.31. The number of nitrogens with two attached hydrogens (primary N) is 1. The fraction of sp³-hybridized carbons (Fsp3) is 0.467. The summed E-state index contributed by atoms with van der Waals surface area (Å²) in [5.41, 5.74) is 6.34. The number of rotatable bonds is 3. The zero-order valence-corrected chi connectivity index (χ0v) is 13.1. The summed E-state index contributed by atoms with van der Waals surface area (Å²) in [6, 6.07) is 7.89. The van der Waals surface area contributed by atoms with Crippen molar-refractivity contribution in [2.75, 3.05) is 6.54 Å². The van der Waals surface area contributed by atoms with Crippen LogP contribution < -0.4 is 5.73 Å². The maximum Gasteiger partial charge on any atom is 0.227 e. The normalized spacial score (nSPS) is 22.6. The second-order valence-electron chi connectivity index (χ2n) is 5.38. The van der Waals surface area contributed by atoms with Crippen LogP contribution in [-0.2, 0) is 16.0 Å². The lowest BCUT2D eigenvalue weighted by molar-refractivity contribution is -0.136. The number of hydrogen-bond acceptors (Lipinski definition) is 2. The average Bonchev–Trinajstić information content (AvgIpc) is 2.41. The SMILES string of the molecule is CC1CCC(C(N)=O)CN1C(=O)Cc1ccc(Br)cc1. The number of carbonyl (C=O) groups is 2. The molecule has 4 nitrogen and oxygen atoms in total. The Morgan fingerprint density at radius 2 is 1.95 bits per heavy atom. The molecule has 0 aliphatic carbocycles. The summed E-state index contributed by atoms with van der Waals surface area (Å²) in [7, 11) is 0. The molecule has 0 spiro atoms. The van der Waals surface area contributed by atoms with E-state index in [1.807, 2.05) is 31.2 Å². The molecule has 1 aliphatic heterocycles. The van der Waals surface area contributed by atoms with Gasteiger partial charge in [0.25, 0.3) is 0 Å². The smallest absolute Gasteiger partial charge is 0.227 e. The largest absolute Gasteiger partial charge is 0.369 e. The van der Waals surface area contributed by atoms with Crippen LogP contribution in [0, 0.1) is 5.92 Å². The van der Waals surface area contributed by atoms with Crippen LogP contribution >= 0.6 is 15.9 Å². The number of benzene rings is 1. The maximum absolute atomic E-state index is 12.4. The standard InChI is InChI=1S/C15H19BrN2O2/c1-10-2-5-12(15(17)20)9-18(10)14(19)8-11-3-6-13(16)7-4-11/h3-4,6-7,10,12H,2,5,8-9H2,1H3,(H2,17,20). The molecule has 1 aromatic carbocycles. The van der Waals surface area contributed by atoms with Gasteiger partial charge < -0.3 is 10.6 Å². The minimum Gasteiger partial charge on any atom is -0.369 e. The van der Waals surface area contributed by atoms with E-state index in [0.717, 1.165) is 22.9 Å². The summed E-state index contributed by atoms with van der Waals surface area (Å²) >= 11 is 3.37. The van der Waals surface area contributed by atoms with Gasteiger partial charge >= 0.3 is 0 Å². The predicted molar refractivity (Wildman–Crippen MR) is 80.9 cm³/mol. The molecule has 1 aromatic rings. The van der Waals surface area contributed by atoms with Crippen molar-refractivity contribution in [2.45, 2.75) is 32.2 Å². The molecule has 2 rings (SSSR count). The van der Waals surface area contributed by atoms with Crippen molar-refractivity contribution in [1.82, 2.24) is 4.90 Å². The van der Waals surface area contributed by atoms with Gasteiger partial charge in [0.05, 0.1) is 12.3 Å². The molecular formula is C15H19BrN2O2. The molecule has 0 bridgehead atoms. The molecular weight excluding hydrogens is 320 g/mol. The quantitative estimate of drug-likeness (QED) is 0.917. The van der Waals surface area contributed by atoms with E-state index < -0.39 is 0 Å². The Hall–Kier alpha value is -1.36. The summed E-state index contributed by atoms with van der Waals surface area (Å²) in [4.78, 5) is 25.5.